The first-order valence-electron chi connectivity index (χ1n) is 6.28. The summed E-state index contributed by atoms with van der Waals surface area (Å²) in [5.41, 5.74) is 11.0. The highest BCUT2D eigenvalue weighted by Gasteiger charge is 2.16. The molecule has 0 aromatic carbocycles. The minimum Gasteiger partial charge on any atom is -0.368 e. The summed E-state index contributed by atoms with van der Waals surface area (Å²) in [7, 11) is 0. The zero-order valence-corrected chi connectivity index (χ0v) is 13.1. The minimum absolute atomic E-state index is 0.0512. The molecule has 2 aromatic rings. The second kappa shape index (κ2) is 7.23. The zero-order valence-electron chi connectivity index (χ0n) is 11.4. The molecule has 0 unspecified atom stereocenters. The van der Waals surface area contributed by atoms with Crippen LogP contribution in [0, 0.1) is 0 Å². The molecule has 21 heavy (non-hydrogen) atoms. The predicted molar refractivity (Wildman–Crippen MR) is 85.0 cm³/mol. The third-order valence-corrected chi connectivity index (χ3v) is 4.45. The largest absolute Gasteiger partial charge is 0.368 e. The van der Waals surface area contributed by atoms with E-state index in [-0.39, 0.29) is 23.1 Å². The van der Waals surface area contributed by atoms with Gasteiger partial charge in [0.1, 0.15) is 0 Å². The normalized spacial score (nSPS) is 12.0. The van der Waals surface area contributed by atoms with Crippen molar-refractivity contribution >= 4 is 40.9 Å². The summed E-state index contributed by atoms with van der Waals surface area (Å²) in [6.07, 6.45) is 0.826. The van der Waals surface area contributed by atoms with E-state index in [1.165, 1.54) is 16.6 Å². The van der Waals surface area contributed by atoms with E-state index in [0.29, 0.717) is 11.7 Å². The quantitative estimate of drug-likeness (QED) is 0.676. The highest BCUT2D eigenvalue weighted by molar-refractivity contribution is 8.00. The Morgan fingerprint density at radius 2 is 2.10 bits per heavy atom. The zero-order chi connectivity index (χ0) is 15.2. The molecular formula is C12H16N6OS2. The van der Waals surface area contributed by atoms with E-state index in [1.807, 2.05) is 17.5 Å². The molecular weight excluding hydrogens is 308 g/mol. The summed E-state index contributed by atoms with van der Waals surface area (Å²) in [6.45, 7) is 2.38. The van der Waals surface area contributed by atoms with Gasteiger partial charge in [-0.15, -0.1) is 11.3 Å². The van der Waals surface area contributed by atoms with E-state index in [9.17, 15) is 4.79 Å². The Hall–Kier alpha value is -1.87. The number of nitrogens with zero attached hydrogens (tertiary/aromatic N) is 3. The van der Waals surface area contributed by atoms with Crippen LogP contribution in [-0.4, -0.2) is 32.7 Å². The van der Waals surface area contributed by atoms with Gasteiger partial charge in [0.15, 0.2) is 5.16 Å². The lowest BCUT2D eigenvalue weighted by Crippen LogP contribution is -2.32. The number of nitrogen functional groups attached to an aromatic ring is 2. The Morgan fingerprint density at radius 1 is 1.38 bits per heavy atom. The van der Waals surface area contributed by atoms with Crippen LogP contribution in [0.1, 0.15) is 11.8 Å². The fourth-order valence-corrected chi connectivity index (χ4v) is 3.07. The Morgan fingerprint density at radius 3 is 2.71 bits per heavy atom. The fraction of sp³-hybridized carbons (Fsp3) is 0.333. The SMILES string of the molecule is C[C@@H](Sc1nc(N)nc(N)n1)C(=O)NCCc1cccs1. The predicted octanol–water partition coefficient (Wildman–Crippen LogP) is 0.937. The molecule has 0 aliphatic rings. The Kier molecular flexibility index (Phi) is 5.34. The molecule has 2 rings (SSSR count). The van der Waals surface area contributed by atoms with Gasteiger partial charge in [-0.25, -0.2) is 0 Å². The number of aromatic nitrogens is 3. The van der Waals surface area contributed by atoms with E-state index in [4.69, 9.17) is 11.5 Å². The molecule has 1 amide bonds. The van der Waals surface area contributed by atoms with Crippen molar-refractivity contribution in [1.82, 2.24) is 20.3 Å². The van der Waals surface area contributed by atoms with Gasteiger partial charge in [-0.1, -0.05) is 17.8 Å². The molecule has 0 bridgehead atoms. The standard InChI is InChI=1S/C12H16N6OS2/c1-7(21-12-17-10(13)16-11(14)18-12)9(19)15-5-4-8-3-2-6-20-8/h2-3,6-7H,4-5H2,1H3,(H,15,19)(H4,13,14,16,17,18)/t7-/m1/s1. The van der Waals surface area contributed by atoms with Crippen LogP contribution in [0.25, 0.3) is 0 Å². The highest BCUT2D eigenvalue weighted by Crippen LogP contribution is 2.20. The third kappa shape index (κ3) is 4.87. The van der Waals surface area contributed by atoms with Crippen molar-refractivity contribution in [2.45, 2.75) is 23.8 Å². The molecule has 7 nitrogen and oxygen atoms in total. The molecule has 5 N–H and O–H groups in total. The van der Waals surface area contributed by atoms with Gasteiger partial charge in [0.25, 0.3) is 0 Å². The van der Waals surface area contributed by atoms with E-state index in [1.54, 1.807) is 18.3 Å². The molecule has 0 aliphatic heterocycles. The summed E-state index contributed by atoms with van der Waals surface area (Å²) in [5, 5.41) is 4.91. The van der Waals surface area contributed by atoms with Crippen molar-refractivity contribution in [3.8, 4) is 0 Å². The first kappa shape index (κ1) is 15.5. The monoisotopic (exact) mass is 324 g/mol. The summed E-state index contributed by atoms with van der Waals surface area (Å²) in [6, 6.07) is 4.04. The number of nitrogens with one attached hydrogen (secondary N) is 1. The number of carbonyl (C=O) groups is 1. The second-order valence-electron chi connectivity index (χ2n) is 4.21. The average molecular weight is 324 g/mol. The van der Waals surface area contributed by atoms with Gasteiger partial charge in [0, 0.05) is 11.4 Å². The van der Waals surface area contributed by atoms with Gasteiger partial charge in [0.05, 0.1) is 5.25 Å². The maximum absolute atomic E-state index is 12.0. The van der Waals surface area contributed by atoms with Crippen LogP contribution in [0.3, 0.4) is 0 Å². The molecule has 112 valence electrons. The van der Waals surface area contributed by atoms with Crippen LogP contribution in [0.15, 0.2) is 22.7 Å². The van der Waals surface area contributed by atoms with Crippen molar-refractivity contribution in [2.75, 3.05) is 18.0 Å². The smallest absolute Gasteiger partial charge is 0.233 e. The Balaban J connectivity index is 1.81. The summed E-state index contributed by atoms with van der Waals surface area (Å²) < 4.78 is 0. The Labute approximate surface area is 130 Å². The van der Waals surface area contributed by atoms with Gasteiger partial charge >= 0.3 is 0 Å². The molecule has 0 saturated heterocycles. The van der Waals surface area contributed by atoms with E-state index < -0.39 is 0 Å². The summed E-state index contributed by atoms with van der Waals surface area (Å²) in [5.74, 6) is 0.0275. The van der Waals surface area contributed by atoms with Crippen molar-refractivity contribution in [2.24, 2.45) is 0 Å². The average Bonchev–Trinajstić information content (AvgIpc) is 2.90. The molecule has 0 aliphatic carbocycles. The maximum Gasteiger partial charge on any atom is 0.233 e. The van der Waals surface area contributed by atoms with E-state index in [2.05, 4.69) is 20.3 Å². The lowest BCUT2D eigenvalue weighted by molar-refractivity contribution is -0.120. The van der Waals surface area contributed by atoms with Gasteiger partial charge < -0.3 is 16.8 Å². The van der Waals surface area contributed by atoms with Gasteiger partial charge in [-0.05, 0) is 24.8 Å². The molecule has 2 aromatic heterocycles. The molecule has 0 saturated carbocycles. The summed E-state index contributed by atoms with van der Waals surface area (Å²) in [4.78, 5) is 24.8. The highest BCUT2D eigenvalue weighted by atomic mass is 32.2. The van der Waals surface area contributed by atoms with Gasteiger partial charge in [-0.3, -0.25) is 4.79 Å². The van der Waals surface area contributed by atoms with Crippen molar-refractivity contribution in [3.05, 3.63) is 22.4 Å². The van der Waals surface area contributed by atoms with Crippen LogP contribution < -0.4 is 16.8 Å². The van der Waals surface area contributed by atoms with E-state index in [0.717, 1.165) is 6.42 Å². The molecule has 0 radical (unpaired) electrons. The lowest BCUT2D eigenvalue weighted by Gasteiger charge is -2.11. The van der Waals surface area contributed by atoms with E-state index >= 15 is 0 Å². The fourth-order valence-electron chi connectivity index (χ4n) is 1.56. The van der Waals surface area contributed by atoms with Crippen LogP contribution in [0.4, 0.5) is 11.9 Å². The van der Waals surface area contributed by atoms with Crippen molar-refractivity contribution < 1.29 is 4.79 Å². The number of carbonyl (C=O) groups excluding carboxylic acids is 1. The van der Waals surface area contributed by atoms with Gasteiger partial charge in [0.2, 0.25) is 17.8 Å². The lowest BCUT2D eigenvalue weighted by atomic mass is 10.3. The number of thioether (sulfide) groups is 1. The number of amides is 1. The first-order chi connectivity index (χ1) is 10.0. The molecule has 2 heterocycles. The number of hydrogen-bond donors (Lipinski definition) is 3. The van der Waals surface area contributed by atoms with Crippen LogP contribution in [0.2, 0.25) is 0 Å². The second-order valence-corrected chi connectivity index (χ2v) is 6.56. The van der Waals surface area contributed by atoms with Crippen LogP contribution in [0.5, 0.6) is 0 Å². The third-order valence-electron chi connectivity index (χ3n) is 2.55. The van der Waals surface area contributed by atoms with Crippen LogP contribution in [-0.2, 0) is 11.2 Å². The number of rotatable bonds is 6. The molecule has 0 fully saturated rings. The van der Waals surface area contributed by atoms with Crippen molar-refractivity contribution in [1.29, 1.82) is 0 Å². The molecule has 9 heteroatoms. The number of hydrogen-bond acceptors (Lipinski definition) is 8. The first-order valence-corrected chi connectivity index (χ1v) is 8.04. The molecule has 1 atom stereocenters. The maximum atomic E-state index is 12.0. The number of thiophene rings is 1. The molecule has 0 spiro atoms. The summed E-state index contributed by atoms with van der Waals surface area (Å²) >= 11 is 2.87. The van der Waals surface area contributed by atoms with Gasteiger partial charge in [-0.2, -0.15) is 15.0 Å². The topological polar surface area (TPSA) is 120 Å². The Bertz CT molecular complexity index is 584. The number of nitrogens with two attached hydrogens (primary N) is 2. The van der Waals surface area contributed by atoms with Crippen molar-refractivity contribution in [3.63, 3.8) is 0 Å². The minimum atomic E-state index is -0.338. The van der Waals surface area contributed by atoms with Crippen LogP contribution >= 0.6 is 23.1 Å². The number of anilines is 2.